The highest BCUT2D eigenvalue weighted by atomic mass is 16.5. The summed E-state index contributed by atoms with van der Waals surface area (Å²) >= 11 is 0. The molecular formula is C41H52N4O6. The van der Waals surface area contributed by atoms with E-state index in [0.29, 0.717) is 35.3 Å². The number of aromatic amines is 2. The third kappa shape index (κ3) is 8.49. The maximum Gasteiger partial charge on any atom is 0.314 e. The average Bonchev–Trinajstić information content (AvgIpc) is 3.63. The van der Waals surface area contributed by atoms with E-state index >= 15 is 0 Å². The Kier molecular flexibility index (Phi) is 13.2. The van der Waals surface area contributed by atoms with Gasteiger partial charge < -0.3 is 24.2 Å². The molecule has 0 amide bonds. The first-order valence-electron chi connectivity index (χ1n) is 17.7. The molecule has 0 saturated heterocycles. The highest BCUT2D eigenvalue weighted by molar-refractivity contribution is 5.97. The van der Waals surface area contributed by atoms with Crippen molar-refractivity contribution in [2.45, 2.75) is 98.8 Å². The van der Waals surface area contributed by atoms with E-state index in [9.17, 15) is 14.4 Å². The summed E-state index contributed by atoms with van der Waals surface area (Å²) in [6.07, 6.45) is 2.47. The third-order valence-corrected chi connectivity index (χ3v) is 9.89. The number of hydrogen-bond acceptors (Lipinski definition) is 8. The van der Waals surface area contributed by atoms with Gasteiger partial charge in [0.25, 0.3) is 0 Å². The number of carbonyl (C=O) groups excluding carboxylic acids is 3. The normalized spacial score (nSPS) is 12.3. The van der Waals surface area contributed by atoms with Gasteiger partial charge in [-0.25, -0.2) is 0 Å². The number of fused-ring (bicyclic) bond motifs is 6. The molecule has 3 aromatic heterocycles. The van der Waals surface area contributed by atoms with Gasteiger partial charge in [0.15, 0.2) is 0 Å². The Morgan fingerprint density at radius 3 is 2.10 bits per heavy atom. The van der Waals surface area contributed by atoms with Crippen molar-refractivity contribution in [2.75, 3.05) is 21.3 Å². The Morgan fingerprint density at radius 2 is 1.47 bits per heavy atom. The van der Waals surface area contributed by atoms with Crippen molar-refractivity contribution in [3.05, 3.63) is 81.3 Å². The molecule has 2 unspecified atom stereocenters. The molecule has 51 heavy (non-hydrogen) atoms. The number of H-pyrrole nitrogens is 2. The van der Waals surface area contributed by atoms with E-state index in [1.807, 2.05) is 44.2 Å². The molecule has 0 aliphatic rings. The number of hydrogen-bond donors (Lipinski definition) is 2. The number of aryl methyl sites for hydroxylation is 5. The summed E-state index contributed by atoms with van der Waals surface area (Å²) in [7, 11) is 4.03. The van der Waals surface area contributed by atoms with Crippen molar-refractivity contribution in [3.63, 3.8) is 0 Å². The van der Waals surface area contributed by atoms with Crippen LogP contribution in [0.3, 0.4) is 0 Å². The number of rotatable bonds is 11. The van der Waals surface area contributed by atoms with Crippen LogP contribution in [0.1, 0.15) is 104 Å². The maximum atomic E-state index is 13.3. The zero-order valence-corrected chi connectivity index (χ0v) is 31.7. The molecule has 10 heteroatoms. The standard InChI is InChI=1S/C41H52N4O6/c1-11-23(4)33-22-34-24(5)28(13-3)35(44-34)20-27(12-2)42-39(26(7)41(48)51-10)31(21-37(47)50-9)40-29(18-19-36(46)49-8)25(6)38(45-40)30-16-14-15-17-32(30)43-33/h14-17,20,22-23,26,44-45H,11-13,18-19,21H2,1-10H3. The quantitative estimate of drug-likeness (QED) is 0.118. The van der Waals surface area contributed by atoms with Crippen LogP contribution in [0.4, 0.5) is 0 Å². The number of carbonyl (C=O) groups is 3. The van der Waals surface area contributed by atoms with E-state index in [2.05, 4.69) is 43.7 Å². The molecular weight excluding hydrogens is 644 g/mol. The smallest absolute Gasteiger partial charge is 0.314 e. The Hall–Kier alpha value is -4.99. The van der Waals surface area contributed by atoms with Crippen molar-refractivity contribution in [1.29, 1.82) is 0 Å². The van der Waals surface area contributed by atoms with Crippen molar-refractivity contribution in [3.8, 4) is 0 Å². The summed E-state index contributed by atoms with van der Waals surface area (Å²) in [5.74, 6) is -2.05. The lowest BCUT2D eigenvalue weighted by Crippen LogP contribution is -2.17. The maximum absolute atomic E-state index is 13.3. The van der Waals surface area contributed by atoms with Gasteiger partial charge in [-0.05, 0) is 92.8 Å². The van der Waals surface area contributed by atoms with E-state index in [4.69, 9.17) is 24.2 Å². The van der Waals surface area contributed by atoms with Crippen LogP contribution >= 0.6 is 0 Å². The number of nitrogens with one attached hydrogen (secondary N) is 2. The number of para-hydroxylation sites is 1. The first-order chi connectivity index (χ1) is 24.4. The van der Waals surface area contributed by atoms with E-state index < -0.39 is 17.9 Å². The molecule has 0 spiro atoms. The minimum absolute atomic E-state index is 0.104. The van der Waals surface area contributed by atoms with Crippen LogP contribution in [-0.4, -0.2) is 59.2 Å². The predicted octanol–water partition coefficient (Wildman–Crippen LogP) is 8.19. The SMILES string of the molecule is CCc1cc2[nH]c(cc(C(C)CC)nc3ccccc3c3[nH]c(c(CC(=O)OC)c(C(C)C(=O)OC)n1)c(CCC(=O)OC)c3C)c(C)c2CC. The third-order valence-electron chi connectivity index (χ3n) is 9.89. The summed E-state index contributed by atoms with van der Waals surface area (Å²) in [5, 5.41) is 0.853. The molecule has 2 N–H and O–H groups in total. The number of esters is 3. The van der Waals surface area contributed by atoms with Gasteiger partial charge in [0, 0.05) is 45.3 Å². The number of aromatic nitrogens is 4. The fraction of sp³-hybridized carbons (Fsp3) is 0.439. The highest BCUT2D eigenvalue weighted by Crippen LogP contribution is 2.32. The van der Waals surface area contributed by atoms with Gasteiger partial charge >= 0.3 is 17.9 Å². The van der Waals surface area contributed by atoms with Crippen LogP contribution < -0.4 is 0 Å². The fourth-order valence-corrected chi connectivity index (χ4v) is 6.54. The Labute approximate surface area is 300 Å². The zero-order chi connectivity index (χ0) is 37.4. The average molecular weight is 697 g/mol. The molecule has 4 aromatic rings. The van der Waals surface area contributed by atoms with Gasteiger partial charge in [0.1, 0.15) is 0 Å². The van der Waals surface area contributed by atoms with Gasteiger partial charge in [-0.1, -0.05) is 45.9 Å². The lowest BCUT2D eigenvalue weighted by Gasteiger charge is -2.14. The second-order valence-electron chi connectivity index (χ2n) is 12.9. The first kappa shape index (κ1) is 38.8. The van der Waals surface area contributed by atoms with E-state index in [-0.39, 0.29) is 24.7 Å². The van der Waals surface area contributed by atoms with Gasteiger partial charge in [-0.15, -0.1) is 0 Å². The molecule has 3 heterocycles. The Morgan fingerprint density at radius 1 is 0.765 bits per heavy atom. The van der Waals surface area contributed by atoms with Crippen molar-refractivity contribution < 1.29 is 28.6 Å². The topological polar surface area (TPSA) is 136 Å². The summed E-state index contributed by atoms with van der Waals surface area (Å²) in [4.78, 5) is 56.8. The molecule has 0 aliphatic heterocycles. The molecule has 0 fully saturated rings. The minimum atomic E-state index is -0.848. The van der Waals surface area contributed by atoms with Crippen LogP contribution in [0.2, 0.25) is 0 Å². The van der Waals surface area contributed by atoms with Gasteiger partial charge in [-0.2, -0.15) is 0 Å². The van der Waals surface area contributed by atoms with E-state index in [1.165, 1.54) is 21.3 Å². The largest absolute Gasteiger partial charge is 0.469 e. The first-order valence-corrected chi connectivity index (χ1v) is 17.7. The van der Waals surface area contributed by atoms with Gasteiger partial charge in [0.05, 0.1) is 50.4 Å². The predicted molar refractivity (Wildman–Crippen MR) is 202 cm³/mol. The van der Waals surface area contributed by atoms with Crippen LogP contribution in [0, 0.1) is 13.8 Å². The number of ether oxygens (including phenoxy) is 3. The lowest BCUT2D eigenvalue weighted by molar-refractivity contribution is -0.142. The Balaban J connectivity index is 2.45. The molecule has 10 nitrogen and oxygen atoms in total. The molecule has 0 aliphatic carbocycles. The number of nitrogens with zero attached hydrogens (tertiary/aromatic N) is 2. The monoisotopic (exact) mass is 696 g/mol. The number of benzene rings is 1. The van der Waals surface area contributed by atoms with Crippen molar-refractivity contribution in [2.24, 2.45) is 0 Å². The van der Waals surface area contributed by atoms with Crippen LogP contribution in [0.15, 0.2) is 36.4 Å². The summed E-state index contributed by atoms with van der Waals surface area (Å²) < 4.78 is 15.4. The second kappa shape index (κ2) is 17.3. The number of methoxy groups -OCH3 is 3. The van der Waals surface area contributed by atoms with Gasteiger partial charge in [-0.3, -0.25) is 24.4 Å². The zero-order valence-electron chi connectivity index (χ0n) is 31.7. The lowest BCUT2D eigenvalue weighted by atomic mass is 9.96. The van der Waals surface area contributed by atoms with Gasteiger partial charge in [0.2, 0.25) is 0 Å². The molecule has 4 bridgehead atoms. The Bertz CT molecular complexity index is 2080. The molecule has 1 aromatic carbocycles. The summed E-state index contributed by atoms with van der Waals surface area (Å²) in [6.45, 7) is 14.3. The molecule has 2 atom stereocenters. The fourth-order valence-electron chi connectivity index (χ4n) is 6.54. The molecule has 0 saturated carbocycles. The molecule has 4 rings (SSSR count). The summed E-state index contributed by atoms with van der Waals surface area (Å²) in [5.41, 5.74) is 10.5. The minimum Gasteiger partial charge on any atom is -0.469 e. The summed E-state index contributed by atoms with van der Waals surface area (Å²) in [6, 6.07) is 12.1. The molecule has 272 valence electrons. The molecule has 0 radical (unpaired) electrons. The van der Waals surface area contributed by atoms with Crippen LogP contribution in [0.5, 0.6) is 0 Å². The second-order valence-corrected chi connectivity index (χ2v) is 12.9. The van der Waals surface area contributed by atoms with Crippen molar-refractivity contribution in [1.82, 2.24) is 19.9 Å². The van der Waals surface area contributed by atoms with Crippen LogP contribution in [-0.2, 0) is 54.3 Å². The van der Waals surface area contributed by atoms with Crippen molar-refractivity contribution >= 4 is 50.9 Å². The highest BCUT2D eigenvalue weighted by Gasteiger charge is 2.26. The van der Waals surface area contributed by atoms with E-state index in [1.54, 1.807) is 6.92 Å². The van der Waals surface area contributed by atoms with E-state index in [0.717, 1.165) is 68.2 Å². The van der Waals surface area contributed by atoms with Crippen LogP contribution in [0.25, 0.3) is 33.0 Å².